The van der Waals surface area contributed by atoms with Crippen LogP contribution in [0.2, 0.25) is 0 Å². The smallest absolute Gasteiger partial charge is 0.343 e. The van der Waals surface area contributed by atoms with Gasteiger partial charge in [-0.15, -0.1) is 12.3 Å². The van der Waals surface area contributed by atoms with Gasteiger partial charge in [0.25, 0.3) is 5.69 Å². The normalized spacial score (nSPS) is 9.84. The lowest BCUT2D eigenvalue weighted by Crippen LogP contribution is -2.17. The first-order valence-corrected chi connectivity index (χ1v) is 5.71. The van der Waals surface area contributed by atoms with Gasteiger partial charge < -0.3 is 10.4 Å². The molecule has 6 nitrogen and oxygen atoms in total. The van der Waals surface area contributed by atoms with Gasteiger partial charge in [-0.05, 0) is 18.5 Å². The molecule has 0 aliphatic heterocycles. The van der Waals surface area contributed by atoms with E-state index in [0.29, 0.717) is 18.5 Å². The Balaban J connectivity index is 2.83. The molecule has 100 valence electrons. The lowest BCUT2D eigenvalue weighted by molar-refractivity contribution is -0.385. The summed E-state index contributed by atoms with van der Waals surface area (Å²) in [6.45, 7) is 0.889. The van der Waals surface area contributed by atoms with E-state index in [-0.39, 0.29) is 12.1 Å². The van der Waals surface area contributed by atoms with Crippen molar-refractivity contribution in [3.63, 3.8) is 0 Å². The number of benzene rings is 1. The molecular formula is C13H14N2O4. The minimum absolute atomic E-state index is 0.258. The van der Waals surface area contributed by atoms with Crippen molar-refractivity contribution in [2.75, 3.05) is 6.54 Å². The molecule has 0 radical (unpaired) electrons. The Bertz CT molecular complexity index is 520. The third-order valence-corrected chi connectivity index (χ3v) is 2.53. The number of rotatable bonds is 7. The zero-order chi connectivity index (χ0) is 14.3. The van der Waals surface area contributed by atoms with Crippen molar-refractivity contribution in [1.29, 1.82) is 0 Å². The largest absolute Gasteiger partial charge is 0.477 e. The summed E-state index contributed by atoms with van der Waals surface area (Å²) in [5.74, 6) is 1.20. The first kappa shape index (κ1) is 14.7. The van der Waals surface area contributed by atoms with Crippen LogP contribution >= 0.6 is 0 Å². The summed E-state index contributed by atoms with van der Waals surface area (Å²) < 4.78 is 0. The summed E-state index contributed by atoms with van der Waals surface area (Å²) in [7, 11) is 0. The Morgan fingerprint density at radius 2 is 2.26 bits per heavy atom. The number of carboxylic acids is 1. The number of nitro benzene ring substituents is 1. The maximum atomic E-state index is 11.1. The molecule has 0 unspecified atom stereocenters. The van der Waals surface area contributed by atoms with Crippen LogP contribution in [-0.2, 0) is 6.54 Å². The summed E-state index contributed by atoms with van der Waals surface area (Å²) in [6.07, 6.45) is 6.51. The molecule has 0 saturated carbocycles. The van der Waals surface area contributed by atoms with Crippen LogP contribution in [0.15, 0.2) is 18.2 Å². The van der Waals surface area contributed by atoms with E-state index >= 15 is 0 Å². The molecule has 0 aliphatic carbocycles. The van der Waals surface area contributed by atoms with Crippen LogP contribution < -0.4 is 5.32 Å². The molecule has 1 rings (SSSR count). The molecule has 1 aromatic carbocycles. The Morgan fingerprint density at radius 1 is 1.53 bits per heavy atom. The third kappa shape index (κ3) is 4.08. The molecule has 0 fully saturated rings. The summed E-state index contributed by atoms with van der Waals surface area (Å²) in [5, 5.41) is 22.9. The van der Waals surface area contributed by atoms with Crippen LogP contribution in [0.4, 0.5) is 5.69 Å². The number of terminal acetylenes is 1. The van der Waals surface area contributed by atoms with Gasteiger partial charge in [0.1, 0.15) is 5.56 Å². The minimum Gasteiger partial charge on any atom is -0.477 e. The van der Waals surface area contributed by atoms with Crippen molar-refractivity contribution in [3.05, 3.63) is 39.4 Å². The molecule has 19 heavy (non-hydrogen) atoms. The lowest BCUT2D eigenvalue weighted by atomic mass is 10.1. The standard InChI is InChI=1S/C13H14N2O4/c1-2-3-4-8-14-9-10-6-5-7-11(15(18)19)12(10)13(16)17/h1,5-7,14H,3-4,8-9H2,(H,16,17). The van der Waals surface area contributed by atoms with Crippen molar-refractivity contribution in [2.24, 2.45) is 0 Å². The second-order valence-electron chi connectivity index (χ2n) is 3.86. The zero-order valence-corrected chi connectivity index (χ0v) is 10.3. The highest BCUT2D eigenvalue weighted by Gasteiger charge is 2.22. The Kier molecular flexibility index (Phi) is 5.51. The molecule has 2 N–H and O–H groups in total. The third-order valence-electron chi connectivity index (χ3n) is 2.53. The first-order chi connectivity index (χ1) is 9.07. The van der Waals surface area contributed by atoms with Crippen LogP contribution in [0.5, 0.6) is 0 Å². The van der Waals surface area contributed by atoms with Gasteiger partial charge in [0.2, 0.25) is 0 Å². The van der Waals surface area contributed by atoms with Crippen LogP contribution in [0.1, 0.15) is 28.8 Å². The number of carbonyl (C=O) groups is 1. The minimum atomic E-state index is -1.30. The SMILES string of the molecule is C#CCCCNCc1cccc([N+](=O)[O-])c1C(=O)O. The summed E-state index contributed by atoms with van der Waals surface area (Å²) in [5.41, 5.74) is -0.269. The lowest BCUT2D eigenvalue weighted by Gasteiger charge is -2.07. The fourth-order valence-electron chi connectivity index (χ4n) is 1.67. The first-order valence-electron chi connectivity index (χ1n) is 5.71. The van der Waals surface area contributed by atoms with Gasteiger partial charge in [-0.2, -0.15) is 0 Å². The predicted molar refractivity (Wildman–Crippen MR) is 69.8 cm³/mol. The van der Waals surface area contributed by atoms with E-state index in [2.05, 4.69) is 11.2 Å². The summed E-state index contributed by atoms with van der Waals surface area (Å²) >= 11 is 0. The second-order valence-corrected chi connectivity index (χ2v) is 3.86. The maximum Gasteiger partial charge on any atom is 0.343 e. The quantitative estimate of drug-likeness (QED) is 0.338. The van der Waals surface area contributed by atoms with Gasteiger partial charge in [0.05, 0.1) is 4.92 Å². The highest BCUT2D eigenvalue weighted by molar-refractivity contribution is 5.94. The van der Waals surface area contributed by atoms with Crippen molar-refractivity contribution in [2.45, 2.75) is 19.4 Å². The summed E-state index contributed by atoms with van der Waals surface area (Å²) in [4.78, 5) is 21.2. The number of nitrogens with zero attached hydrogens (tertiary/aromatic N) is 1. The Labute approximate surface area is 110 Å². The number of nitrogens with one attached hydrogen (secondary N) is 1. The van der Waals surface area contributed by atoms with Crippen LogP contribution in [-0.4, -0.2) is 22.5 Å². The monoisotopic (exact) mass is 262 g/mol. The Hall–Kier alpha value is -2.39. The molecule has 1 aromatic rings. The van der Waals surface area contributed by atoms with Gasteiger partial charge >= 0.3 is 5.97 Å². The number of nitro groups is 1. The molecule has 0 saturated heterocycles. The van der Waals surface area contributed by atoms with E-state index in [4.69, 9.17) is 11.5 Å². The average molecular weight is 262 g/mol. The maximum absolute atomic E-state index is 11.1. The van der Waals surface area contributed by atoms with E-state index < -0.39 is 16.6 Å². The number of hydrogen-bond donors (Lipinski definition) is 2. The van der Waals surface area contributed by atoms with E-state index in [9.17, 15) is 14.9 Å². The molecule has 0 bridgehead atoms. The van der Waals surface area contributed by atoms with Crippen LogP contribution in [0.3, 0.4) is 0 Å². The van der Waals surface area contributed by atoms with Crippen molar-refractivity contribution >= 4 is 11.7 Å². The Morgan fingerprint density at radius 3 is 2.84 bits per heavy atom. The predicted octanol–water partition coefficient (Wildman–Crippen LogP) is 1.80. The molecule has 6 heteroatoms. The van der Waals surface area contributed by atoms with Crippen molar-refractivity contribution < 1.29 is 14.8 Å². The van der Waals surface area contributed by atoms with E-state index in [0.717, 1.165) is 6.42 Å². The van der Waals surface area contributed by atoms with Gasteiger partial charge in [-0.1, -0.05) is 12.1 Å². The molecule has 0 atom stereocenters. The topological polar surface area (TPSA) is 92.5 Å². The number of aromatic carboxylic acids is 1. The number of hydrogen-bond acceptors (Lipinski definition) is 4. The molecule has 0 spiro atoms. The fraction of sp³-hybridized carbons (Fsp3) is 0.308. The fourth-order valence-corrected chi connectivity index (χ4v) is 1.67. The molecular weight excluding hydrogens is 248 g/mol. The summed E-state index contributed by atoms with van der Waals surface area (Å²) in [6, 6.07) is 4.22. The highest BCUT2D eigenvalue weighted by atomic mass is 16.6. The van der Waals surface area contributed by atoms with Crippen LogP contribution in [0, 0.1) is 22.5 Å². The van der Waals surface area contributed by atoms with Gasteiger partial charge in [0.15, 0.2) is 0 Å². The van der Waals surface area contributed by atoms with E-state index in [1.54, 1.807) is 6.07 Å². The van der Waals surface area contributed by atoms with Gasteiger partial charge in [-0.25, -0.2) is 4.79 Å². The van der Waals surface area contributed by atoms with Gasteiger partial charge in [0, 0.05) is 19.0 Å². The zero-order valence-electron chi connectivity index (χ0n) is 10.3. The van der Waals surface area contributed by atoms with Gasteiger partial charge in [-0.3, -0.25) is 10.1 Å². The van der Waals surface area contributed by atoms with E-state index in [1.807, 2.05) is 0 Å². The molecule has 0 amide bonds. The van der Waals surface area contributed by atoms with E-state index in [1.165, 1.54) is 12.1 Å². The highest BCUT2D eigenvalue weighted by Crippen LogP contribution is 2.22. The molecule has 0 heterocycles. The number of unbranched alkanes of at least 4 members (excludes halogenated alkanes) is 1. The van der Waals surface area contributed by atoms with Crippen molar-refractivity contribution in [1.82, 2.24) is 5.32 Å². The molecule has 0 aliphatic rings. The van der Waals surface area contributed by atoms with Crippen molar-refractivity contribution in [3.8, 4) is 12.3 Å². The average Bonchev–Trinajstić information content (AvgIpc) is 2.37. The number of carboxylic acid groups (broad SMARTS) is 1. The van der Waals surface area contributed by atoms with Crippen LogP contribution in [0.25, 0.3) is 0 Å². The molecule has 0 aromatic heterocycles. The second kappa shape index (κ2) is 7.13.